The van der Waals surface area contributed by atoms with Gasteiger partial charge in [0.15, 0.2) is 0 Å². The van der Waals surface area contributed by atoms with Gasteiger partial charge in [-0.2, -0.15) is 0 Å². The third kappa shape index (κ3) is 6.16. The van der Waals surface area contributed by atoms with Crippen LogP contribution in [0.4, 0.5) is 0 Å². The van der Waals surface area contributed by atoms with Gasteiger partial charge in [0.2, 0.25) is 0 Å². The van der Waals surface area contributed by atoms with Gasteiger partial charge in [0.1, 0.15) is 0 Å². The standard InChI is InChI=1S/C30H32Cl2N2O2.ClH/c1-33(29(35)22-7-3-2-4-8-22)20-24(23-11-12-27(31)28(32)19-23)13-16-34-17-14-30(15-18-34)26-10-6-5-9-25(26)21-36-30;/h2-12,19,24H,13-18,20-21H2,1H3;1H. The molecule has 5 rings (SSSR count). The highest BCUT2D eigenvalue weighted by atomic mass is 35.5. The van der Waals surface area contributed by atoms with E-state index in [1.54, 1.807) is 0 Å². The van der Waals surface area contributed by atoms with E-state index in [-0.39, 0.29) is 29.8 Å². The van der Waals surface area contributed by atoms with E-state index < -0.39 is 0 Å². The molecule has 1 amide bonds. The van der Waals surface area contributed by atoms with E-state index in [0.717, 1.165) is 51.1 Å². The van der Waals surface area contributed by atoms with Crippen molar-refractivity contribution in [3.63, 3.8) is 0 Å². The van der Waals surface area contributed by atoms with Gasteiger partial charge in [-0.15, -0.1) is 12.4 Å². The molecule has 2 aliphatic heterocycles. The van der Waals surface area contributed by atoms with Gasteiger partial charge in [0, 0.05) is 38.2 Å². The first-order valence-corrected chi connectivity index (χ1v) is 13.4. The van der Waals surface area contributed by atoms with E-state index in [2.05, 4.69) is 29.2 Å². The van der Waals surface area contributed by atoms with Gasteiger partial charge in [-0.05, 0) is 66.8 Å². The fraction of sp³-hybridized carbons (Fsp3) is 0.367. The highest BCUT2D eigenvalue weighted by molar-refractivity contribution is 6.42. The van der Waals surface area contributed by atoms with Gasteiger partial charge in [-0.3, -0.25) is 4.79 Å². The maximum atomic E-state index is 13.0. The topological polar surface area (TPSA) is 32.8 Å². The zero-order valence-electron chi connectivity index (χ0n) is 21.0. The van der Waals surface area contributed by atoms with Crippen molar-refractivity contribution in [2.45, 2.75) is 37.4 Å². The van der Waals surface area contributed by atoms with Crippen molar-refractivity contribution in [1.82, 2.24) is 9.80 Å². The number of hydrogen-bond donors (Lipinski definition) is 0. The average Bonchev–Trinajstić information content (AvgIpc) is 3.27. The molecule has 7 heteroatoms. The highest BCUT2D eigenvalue weighted by Crippen LogP contribution is 2.44. The van der Waals surface area contributed by atoms with Crippen LogP contribution in [0, 0.1) is 0 Å². The molecular weight excluding hydrogens is 527 g/mol. The molecule has 0 aliphatic carbocycles. The zero-order valence-corrected chi connectivity index (χ0v) is 23.4. The van der Waals surface area contributed by atoms with Gasteiger partial charge in [0.25, 0.3) is 5.91 Å². The van der Waals surface area contributed by atoms with Crippen LogP contribution in [0.15, 0.2) is 72.8 Å². The summed E-state index contributed by atoms with van der Waals surface area (Å²) in [5.74, 6) is 0.175. The SMILES string of the molecule is CN(CC(CCN1CCC2(CC1)OCc1ccccc12)c1ccc(Cl)c(Cl)c1)C(=O)c1ccccc1.Cl. The van der Waals surface area contributed by atoms with Crippen LogP contribution in [0.25, 0.3) is 0 Å². The average molecular weight is 560 g/mol. The monoisotopic (exact) mass is 558 g/mol. The number of likely N-dealkylation sites (tertiary alicyclic amines) is 1. The Labute approximate surface area is 235 Å². The number of rotatable bonds is 7. The Morgan fingerprint density at radius 2 is 1.70 bits per heavy atom. The first-order valence-electron chi connectivity index (χ1n) is 12.7. The Kier molecular flexibility index (Phi) is 9.20. The number of carbonyl (C=O) groups is 1. The summed E-state index contributed by atoms with van der Waals surface area (Å²) >= 11 is 12.6. The summed E-state index contributed by atoms with van der Waals surface area (Å²) in [4.78, 5) is 17.4. The molecule has 196 valence electrons. The molecule has 1 atom stereocenters. The van der Waals surface area contributed by atoms with Crippen molar-refractivity contribution in [2.75, 3.05) is 33.2 Å². The third-order valence-electron chi connectivity index (χ3n) is 7.75. The van der Waals surface area contributed by atoms with Crippen molar-refractivity contribution in [3.05, 3.63) is 105 Å². The van der Waals surface area contributed by atoms with Crippen molar-refractivity contribution in [2.24, 2.45) is 0 Å². The maximum Gasteiger partial charge on any atom is 0.253 e. The summed E-state index contributed by atoms with van der Waals surface area (Å²) < 4.78 is 6.34. The summed E-state index contributed by atoms with van der Waals surface area (Å²) in [5, 5.41) is 1.10. The number of nitrogens with zero attached hydrogens (tertiary/aromatic N) is 2. The molecule has 2 aliphatic rings. The minimum Gasteiger partial charge on any atom is -0.365 e. The Morgan fingerprint density at radius 3 is 2.43 bits per heavy atom. The smallest absolute Gasteiger partial charge is 0.253 e. The van der Waals surface area contributed by atoms with Gasteiger partial charge < -0.3 is 14.5 Å². The van der Waals surface area contributed by atoms with Crippen molar-refractivity contribution < 1.29 is 9.53 Å². The molecule has 4 nitrogen and oxygen atoms in total. The first-order chi connectivity index (χ1) is 17.4. The predicted molar refractivity (Wildman–Crippen MR) is 153 cm³/mol. The Morgan fingerprint density at radius 1 is 1.00 bits per heavy atom. The van der Waals surface area contributed by atoms with E-state index in [1.807, 2.05) is 60.5 Å². The second kappa shape index (κ2) is 12.2. The van der Waals surface area contributed by atoms with Crippen LogP contribution < -0.4 is 0 Å². The van der Waals surface area contributed by atoms with E-state index >= 15 is 0 Å². The molecule has 3 aromatic rings. The van der Waals surface area contributed by atoms with Gasteiger partial charge in [-0.25, -0.2) is 0 Å². The molecular formula is C30H33Cl3N2O2. The molecule has 0 saturated carbocycles. The Balaban J connectivity index is 0.00000320. The number of hydrogen-bond acceptors (Lipinski definition) is 3. The first kappa shape index (κ1) is 27.9. The lowest BCUT2D eigenvalue weighted by atomic mass is 9.83. The minimum absolute atomic E-state index is 0. The number of fused-ring (bicyclic) bond motifs is 2. The molecule has 1 saturated heterocycles. The van der Waals surface area contributed by atoms with Gasteiger partial charge in [0.05, 0.1) is 22.3 Å². The number of ether oxygens (including phenoxy) is 1. The molecule has 37 heavy (non-hydrogen) atoms. The fourth-order valence-corrected chi connectivity index (χ4v) is 5.93. The van der Waals surface area contributed by atoms with E-state index in [9.17, 15) is 4.79 Å². The Hall–Kier alpha value is -2.08. The maximum absolute atomic E-state index is 13.0. The molecule has 0 radical (unpaired) electrons. The second-order valence-corrected chi connectivity index (χ2v) is 10.8. The molecule has 0 N–H and O–H groups in total. The molecule has 1 fully saturated rings. The third-order valence-corrected chi connectivity index (χ3v) is 8.49. The molecule has 3 aromatic carbocycles. The van der Waals surface area contributed by atoms with Crippen molar-refractivity contribution in [3.8, 4) is 0 Å². The summed E-state index contributed by atoms with van der Waals surface area (Å²) in [6, 6.07) is 23.9. The summed E-state index contributed by atoms with van der Waals surface area (Å²) in [6.45, 7) is 4.29. The summed E-state index contributed by atoms with van der Waals surface area (Å²) in [6.07, 6.45) is 2.94. The lowest BCUT2D eigenvalue weighted by Crippen LogP contribution is -2.43. The largest absolute Gasteiger partial charge is 0.365 e. The normalized spacial score (nSPS) is 17.2. The van der Waals surface area contributed by atoms with Crippen LogP contribution in [0.2, 0.25) is 10.0 Å². The lowest BCUT2D eigenvalue weighted by Gasteiger charge is -2.40. The summed E-state index contributed by atoms with van der Waals surface area (Å²) in [7, 11) is 1.87. The molecule has 0 bridgehead atoms. The number of carbonyl (C=O) groups excluding carboxylic acids is 1. The molecule has 1 spiro atoms. The molecule has 2 heterocycles. The minimum atomic E-state index is -0.126. The van der Waals surface area contributed by atoms with E-state index in [4.69, 9.17) is 27.9 Å². The van der Waals surface area contributed by atoms with Crippen LogP contribution in [0.1, 0.15) is 52.2 Å². The quantitative estimate of drug-likeness (QED) is 0.307. The number of likely N-dealkylation sites (N-methyl/N-ethyl adjacent to an activating group) is 1. The fourth-order valence-electron chi connectivity index (χ4n) is 5.62. The Bertz CT molecular complexity index is 1210. The number of piperidine rings is 1. The van der Waals surface area contributed by atoms with Gasteiger partial charge >= 0.3 is 0 Å². The van der Waals surface area contributed by atoms with E-state index in [1.165, 1.54) is 11.1 Å². The molecule has 0 aromatic heterocycles. The predicted octanol–water partition coefficient (Wildman–Crippen LogP) is 7.18. The molecule has 1 unspecified atom stereocenters. The van der Waals surface area contributed by atoms with Gasteiger partial charge in [-0.1, -0.05) is 71.7 Å². The van der Waals surface area contributed by atoms with Crippen LogP contribution in [-0.4, -0.2) is 48.9 Å². The second-order valence-electron chi connectivity index (χ2n) is 9.99. The number of benzene rings is 3. The van der Waals surface area contributed by atoms with E-state index in [0.29, 0.717) is 22.2 Å². The van der Waals surface area contributed by atoms with Crippen LogP contribution in [-0.2, 0) is 16.9 Å². The van der Waals surface area contributed by atoms with Crippen LogP contribution >= 0.6 is 35.6 Å². The highest BCUT2D eigenvalue weighted by Gasteiger charge is 2.42. The number of amides is 1. The van der Waals surface area contributed by atoms with Crippen molar-refractivity contribution >= 4 is 41.5 Å². The zero-order chi connectivity index (χ0) is 25.1. The lowest BCUT2D eigenvalue weighted by molar-refractivity contribution is -0.0790. The van der Waals surface area contributed by atoms with Crippen molar-refractivity contribution in [1.29, 1.82) is 0 Å². The van der Waals surface area contributed by atoms with Crippen LogP contribution in [0.3, 0.4) is 0 Å². The number of halogens is 3. The summed E-state index contributed by atoms with van der Waals surface area (Å²) in [5.41, 5.74) is 4.39. The van der Waals surface area contributed by atoms with Crippen LogP contribution in [0.5, 0.6) is 0 Å².